The molecule has 0 spiro atoms. The second-order valence-electron chi connectivity index (χ2n) is 8.65. The van der Waals surface area contributed by atoms with Crippen molar-refractivity contribution in [3.05, 3.63) is 30.1 Å². The minimum Gasteiger partial charge on any atom is -0.480 e. The molecule has 9 heteroatoms. The molecule has 2 aliphatic heterocycles. The summed E-state index contributed by atoms with van der Waals surface area (Å²) in [4.78, 5) is 30.2. The van der Waals surface area contributed by atoms with Gasteiger partial charge in [-0.05, 0) is 25.0 Å². The van der Waals surface area contributed by atoms with Crippen LogP contribution in [0.25, 0.3) is 0 Å². The number of piperazine rings is 1. The Morgan fingerprint density at radius 2 is 1.94 bits per heavy atom. The van der Waals surface area contributed by atoms with E-state index in [1.807, 2.05) is 24.1 Å². The molecule has 3 aliphatic rings. The number of fused-ring (bicyclic) bond motifs is 1. The van der Waals surface area contributed by atoms with Crippen molar-refractivity contribution in [1.82, 2.24) is 20.3 Å². The molecule has 0 bridgehead atoms. The first-order valence-electron chi connectivity index (χ1n) is 11.2. The van der Waals surface area contributed by atoms with E-state index in [1.54, 1.807) is 6.20 Å². The molecular formula is C22H29N7O2. The van der Waals surface area contributed by atoms with Crippen molar-refractivity contribution in [2.45, 2.75) is 50.6 Å². The van der Waals surface area contributed by atoms with Crippen LogP contribution in [0.4, 0.5) is 23.3 Å². The maximum absolute atomic E-state index is 12.1. The largest absolute Gasteiger partial charge is 0.480 e. The molecule has 2 unspecified atom stereocenters. The second kappa shape index (κ2) is 8.30. The van der Waals surface area contributed by atoms with E-state index in [4.69, 9.17) is 4.98 Å². The van der Waals surface area contributed by atoms with E-state index in [2.05, 4.69) is 31.6 Å². The molecule has 1 saturated heterocycles. The monoisotopic (exact) mass is 423 g/mol. The Bertz CT molecular complexity index is 939. The molecule has 0 aromatic carbocycles. The Kier molecular flexibility index (Phi) is 5.35. The summed E-state index contributed by atoms with van der Waals surface area (Å²) in [6.07, 6.45) is 7.94. The topological polar surface area (TPSA) is 107 Å². The van der Waals surface area contributed by atoms with Crippen LogP contribution < -0.4 is 20.4 Å². The lowest BCUT2D eigenvalue weighted by Gasteiger charge is -2.31. The van der Waals surface area contributed by atoms with Gasteiger partial charge in [0.1, 0.15) is 17.7 Å². The molecule has 2 atom stereocenters. The predicted octanol–water partition coefficient (Wildman–Crippen LogP) is 2.34. The maximum Gasteiger partial charge on any atom is 0.327 e. The fourth-order valence-corrected chi connectivity index (χ4v) is 5.11. The van der Waals surface area contributed by atoms with Gasteiger partial charge >= 0.3 is 5.97 Å². The number of aromatic nitrogens is 3. The van der Waals surface area contributed by atoms with Crippen molar-refractivity contribution < 1.29 is 9.90 Å². The number of carboxylic acid groups (broad SMARTS) is 1. The number of anilines is 4. The summed E-state index contributed by atoms with van der Waals surface area (Å²) in [5, 5.41) is 16.5. The number of nitrogens with zero attached hydrogens (tertiary/aromatic N) is 5. The Labute approximate surface area is 181 Å². The van der Waals surface area contributed by atoms with E-state index in [1.165, 1.54) is 0 Å². The van der Waals surface area contributed by atoms with E-state index in [0.717, 1.165) is 68.9 Å². The minimum absolute atomic E-state index is 0.140. The molecule has 3 N–H and O–H groups in total. The summed E-state index contributed by atoms with van der Waals surface area (Å²) in [6.45, 7) is 5.87. The molecule has 31 heavy (non-hydrogen) atoms. The Balaban J connectivity index is 1.38. The highest BCUT2D eigenvalue weighted by Gasteiger charge is 2.45. The van der Waals surface area contributed by atoms with Gasteiger partial charge in [-0.15, -0.1) is 0 Å². The summed E-state index contributed by atoms with van der Waals surface area (Å²) in [7, 11) is 0. The predicted molar refractivity (Wildman–Crippen MR) is 119 cm³/mol. The summed E-state index contributed by atoms with van der Waals surface area (Å²) >= 11 is 0. The van der Waals surface area contributed by atoms with Crippen LogP contribution in [-0.4, -0.2) is 64.3 Å². The van der Waals surface area contributed by atoms with Crippen molar-refractivity contribution in [3.63, 3.8) is 0 Å². The van der Waals surface area contributed by atoms with Crippen LogP contribution in [0.5, 0.6) is 0 Å². The van der Waals surface area contributed by atoms with Crippen LogP contribution in [-0.2, 0) is 4.79 Å². The number of nitrogens with one attached hydrogen (secondary N) is 2. The van der Waals surface area contributed by atoms with E-state index in [9.17, 15) is 9.90 Å². The first-order valence-corrected chi connectivity index (χ1v) is 11.2. The number of rotatable bonds is 5. The van der Waals surface area contributed by atoms with Crippen molar-refractivity contribution in [2.75, 3.05) is 41.3 Å². The fraction of sp³-hybridized carbons (Fsp3) is 0.545. The third kappa shape index (κ3) is 3.78. The van der Waals surface area contributed by atoms with Gasteiger partial charge in [-0.2, -0.15) is 4.98 Å². The van der Waals surface area contributed by atoms with E-state index < -0.39 is 12.0 Å². The minimum atomic E-state index is -0.794. The van der Waals surface area contributed by atoms with Crippen molar-refractivity contribution in [2.24, 2.45) is 0 Å². The first-order chi connectivity index (χ1) is 15.1. The summed E-state index contributed by atoms with van der Waals surface area (Å²) in [5.74, 6) is 0.937. The number of aliphatic carboxylic acids is 1. The molecule has 164 valence electrons. The smallest absolute Gasteiger partial charge is 0.327 e. The van der Waals surface area contributed by atoms with Gasteiger partial charge in [0.2, 0.25) is 5.95 Å². The zero-order valence-electron chi connectivity index (χ0n) is 17.8. The maximum atomic E-state index is 12.1. The zero-order chi connectivity index (χ0) is 21.4. The molecule has 2 fully saturated rings. The molecule has 9 nitrogen and oxygen atoms in total. The molecule has 1 aliphatic carbocycles. The van der Waals surface area contributed by atoms with E-state index in [0.29, 0.717) is 11.8 Å². The highest BCUT2D eigenvalue weighted by molar-refractivity contribution is 5.83. The average molecular weight is 424 g/mol. The zero-order valence-corrected chi connectivity index (χ0v) is 17.8. The normalized spacial score (nSPS) is 23.8. The van der Waals surface area contributed by atoms with Gasteiger partial charge in [0.15, 0.2) is 0 Å². The number of hydrogen-bond donors (Lipinski definition) is 3. The number of hydrogen-bond acceptors (Lipinski definition) is 8. The summed E-state index contributed by atoms with van der Waals surface area (Å²) < 4.78 is 0. The molecule has 2 aromatic heterocycles. The third-order valence-corrected chi connectivity index (χ3v) is 6.75. The van der Waals surface area contributed by atoms with Crippen LogP contribution in [0.3, 0.4) is 0 Å². The van der Waals surface area contributed by atoms with Crippen LogP contribution in [0.15, 0.2) is 24.5 Å². The Morgan fingerprint density at radius 3 is 2.61 bits per heavy atom. The van der Waals surface area contributed by atoms with Crippen LogP contribution >= 0.6 is 0 Å². The van der Waals surface area contributed by atoms with Crippen LogP contribution in [0.2, 0.25) is 0 Å². The summed E-state index contributed by atoms with van der Waals surface area (Å²) in [5.41, 5.74) is 2.01. The highest BCUT2D eigenvalue weighted by atomic mass is 16.4. The fourth-order valence-electron chi connectivity index (χ4n) is 5.11. The van der Waals surface area contributed by atoms with Crippen LogP contribution in [0, 0.1) is 0 Å². The molecule has 4 heterocycles. The third-order valence-electron chi connectivity index (χ3n) is 6.75. The van der Waals surface area contributed by atoms with Gasteiger partial charge in [-0.25, -0.2) is 14.8 Å². The number of carboxylic acids is 1. The lowest BCUT2D eigenvalue weighted by Crippen LogP contribution is -2.45. The average Bonchev–Trinajstić information content (AvgIpc) is 3.41. The molecule has 1 saturated carbocycles. The molecule has 5 rings (SSSR count). The van der Waals surface area contributed by atoms with Gasteiger partial charge in [0.05, 0.1) is 11.9 Å². The van der Waals surface area contributed by atoms with E-state index >= 15 is 0 Å². The lowest BCUT2D eigenvalue weighted by molar-refractivity contribution is -0.139. The SMILES string of the molecule is CC1c2cnc(Nc3ccc(N4CCNCC4)cn3)nc2N(C2CCCC2)C1C(=O)O. The molecule has 0 radical (unpaired) electrons. The van der Waals surface area contributed by atoms with Gasteiger partial charge in [-0.3, -0.25) is 0 Å². The van der Waals surface area contributed by atoms with Gasteiger partial charge in [0.25, 0.3) is 0 Å². The second-order valence-corrected chi connectivity index (χ2v) is 8.65. The lowest BCUT2D eigenvalue weighted by atomic mass is 9.99. The molecule has 0 amide bonds. The van der Waals surface area contributed by atoms with Crippen molar-refractivity contribution in [1.29, 1.82) is 0 Å². The van der Waals surface area contributed by atoms with Gasteiger partial charge in [0, 0.05) is 49.9 Å². The van der Waals surface area contributed by atoms with Crippen molar-refractivity contribution in [3.8, 4) is 0 Å². The van der Waals surface area contributed by atoms with E-state index in [-0.39, 0.29) is 12.0 Å². The van der Waals surface area contributed by atoms with Gasteiger partial charge in [-0.1, -0.05) is 19.8 Å². The Hall–Kier alpha value is -2.94. The molecular weight excluding hydrogens is 394 g/mol. The number of pyridine rings is 1. The quantitative estimate of drug-likeness (QED) is 0.668. The number of carbonyl (C=O) groups is 1. The Morgan fingerprint density at radius 1 is 1.16 bits per heavy atom. The summed E-state index contributed by atoms with van der Waals surface area (Å²) in [6, 6.07) is 3.63. The first kappa shape index (κ1) is 20.0. The van der Waals surface area contributed by atoms with Crippen LogP contribution in [0.1, 0.15) is 44.1 Å². The van der Waals surface area contributed by atoms with Crippen molar-refractivity contribution >= 4 is 29.2 Å². The molecule has 2 aromatic rings. The standard InChI is InChI=1S/C22H29N7O2/c1-14-17-13-25-22(26-18-7-6-16(12-24-18)28-10-8-23-9-11-28)27-20(17)29(19(14)21(30)31)15-4-2-3-5-15/h6-7,12-15,19,23H,2-5,8-11H2,1H3,(H,30,31)(H,24,25,26,27). The van der Waals surface area contributed by atoms with Gasteiger partial charge < -0.3 is 25.5 Å². The highest BCUT2D eigenvalue weighted by Crippen LogP contribution is 2.43.